The van der Waals surface area contributed by atoms with Gasteiger partial charge in [0.2, 0.25) is 5.91 Å². The number of aryl methyl sites for hydroxylation is 1. The van der Waals surface area contributed by atoms with Crippen molar-refractivity contribution in [1.82, 2.24) is 19.2 Å². The van der Waals surface area contributed by atoms with Crippen molar-refractivity contribution in [1.29, 1.82) is 0 Å². The standard InChI is InChI=1S/C21H31N5O2/c1-5-7-10-23(4)20-18(6-2)22-19-9-8-17(15-26(19)20)21(28)25-13-11-24(12-14-25)16(3)27/h8-9,15H,5-7,10-14H2,1-4H3. The molecule has 1 aliphatic rings. The van der Waals surface area contributed by atoms with Gasteiger partial charge in [-0.1, -0.05) is 20.3 Å². The summed E-state index contributed by atoms with van der Waals surface area (Å²) < 4.78 is 2.05. The lowest BCUT2D eigenvalue weighted by Gasteiger charge is -2.34. The Balaban J connectivity index is 1.86. The van der Waals surface area contributed by atoms with Crippen LogP contribution in [0.4, 0.5) is 5.82 Å². The number of fused-ring (bicyclic) bond motifs is 1. The fourth-order valence-electron chi connectivity index (χ4n) is 3.76. The number of nitrogens with zero attached hydrogens (tertiary/aromatic N) is 5. The summed E-state index contributed by atoms with van der Waals surface area (Å²) >= 11 is 0. The summed E-state index contributed by atoms with van der Waals surface area (Å²) in [6.07, 6.45) is 5.02. The van der Waals surface area contributed by atoms with Crippen LogP contribution in [0, 0.1) is 0 Å². The van der Waals surface area contributed by atoms with Gasteiger partial charge in [0.25, 0.3) is 5.91 Å². The van der Waals surface area contributed by atoms with Crippen LogP contribution in [0.5, 0.6) is 0 Å². The second-order valence-electron chi connectivity index (χ2n) is 7.46. The third-order valence-electron chi connectivity index (χ3n) is 5.47. The molecule has 0 aromatic carbocycles. The van der Waals surface area contributed by atoms with E-state index in [1.807, 2.05) is 27.6 Å². The number of aromatic nitrogens is 2. The second-order valence-corrected chi connectivity index (χ2v) is 7.46. The maximum absolute atomic E-state index is 13.0. The zero-order valence-corrected chi connectivity index (χ0v) is 17.4. The van der Waals surface area contributed by atoms with Crippen LogP contribution in [-0.2, 0) is 11.2 Å². The summed E-state index contributed by atoms with van der Waals surface area (Å²) in [5.74, 6) is 1.15. The van der Waals surface area contributed by atoms with Gasteiger partial charge in [0.05, 0.1) is 11.3 Å². The topological polar surface area (TPSA) is 61.2 Å². The van der Waals surface area contributed by atoms with Crippen molar-refractivity contribution in [3.63, 3.8) is 0 Å². The lowest BCUT2D eigenvalue weighted by molar-refractivity contribution is -0.130. The van der Waals surface area contributed by atoms with Crippen LogP contribution < -0.4 is 4.90 Å². The second kappa shape index (κ2) is 8.63. The van der Waals surface area contributed by atoms with Gasteiger partial charge in [-0.3, -0.25) is 14.0 Å². The van der Waals surface area contributed by atoms with Gasteiger partial charge in [-0.15, -0.1) is 0 Å². The van der Waals surface area contributed by atoms with Crippen molar-refractivity contribution < 1.29 is 9.59 Å². The summed E-state index contributed by atoms with van der Waals surface area (Å²) in [6.45, 7) is 9.17. The Bertz CT molecular complexity index is 852. The van der Waals surface area contributed by atoms with Crippen molar-refractivity contribution in [3.8, 4) is 0 Å². The quantitative estimate of drug-likeness (QED) is 0.766. The average molecular weight is 386 g/mol. The molecule has 0 unspecified atom stereocenters. The van der Waals surface area contributed by atoms with Crippen LogP contribution in [0.2, 0.25) is 0 Å². The molecule has 1 fully saturated rings. The maximum Gasteiger partial charge on any atom is 0.255 e. The zero-order chi connectivity index (χ0) is 20.3. The lowest BCUT2D eigenvalue weighted by atomic mass is 10.2. The van der Waals surface area contributed by atoms with Crippen LogP contribution in [0.3, 0.4) is 0 Å². The van der Waals surface area contributed by atoms with Crippen molar-refractivity contribution in [2.24, 2.45) is 0 Å². The van der Waals surface area contributed by atoms with Gasteiger partial charge in [0, 0.05) is 52.9 Å². The molecule has 3 heterocycles. The van der Waals surface area contributed by atoms with E-state index in [9.17, 15) is 9.59 Å². The fourth-order valence-corrected chi connectivity index (χ4v) is 3.76. The monoisotopic (exact) mass is 385 g/mol. The highest BCUT2D eigenvalue weighted by Gasteiger charge is 2.24. The molecule has 0 radical (unpaired) electrons. The summed E-state index contributed by atoms with van der Waals surface area (Å²) in [6, 6.07) is 3.78. The first-order valence-corrected chi connectivity index (χ1v) is 10.2. The van der Waals surface area contributed by atoms with Gasteiger partial charge in [0.15, 0.2) is 0 Å². The zero-order valence-electron chi connectivity index (χ0n) is 17.4. The third-order valence-corrected chi connectivity index (χ3v) is 5.47. The molecule has 0 aliphatic carbocycles. The summed E-state index contributed by atoms with van der Waals surface area (Å²) in [5.41, 5.74) is 2.58. The molecule has 2 aromatic rings. The number of carbonyl (C=O) groups is 2. The molecule has 28 heavy (non-hydrogen) atoms. The Hall–Kier alpha value is -2.57. The summed E-state index contributed by atoms with van der Waals surface area (Å²) in [4.78, 5) is 35.1. The van der Waals surface area contributed by atoms with Gasteiger partial charge in [-0.2, -0.15) is 0 Å². The third kappa shape index (κ3) is 3.98. The smallest absolute Gasteiger partial charge is 0.255 e. The number of pyridine rings is 1. The van der Waals surface area contributed by atoms with Crippen LogP contribution in [-0.4, -0.2) is 70.8 Å². The fraction of sp³-hybridized carbons (Fsp3) is 0.571. The molecular formula is C21H31N5O2. The van der Waals surface area contributed by atoms with Crippen LogP contribution in [0.15, 0.2) is 18.3 Å². The SMILES string of the molecule is CCCCN(C)c1c(CC)nc2ccc(C(=O)N3CCN(C(C)=O)CC3)cn12. The van der Waals surface area contributed by atoms with E-state index < -0.39 is 0 Å². The van der Waals surface area contributed by atoms with Gasteiger partial charge in [0.1, 0.15) is 11.5 Å². The number of anilines is 1. The predicted octanol–water partition coefficient (Wildman–Crippen LogP) is 2.44. The van der Waals surface area contributed by atoms with E-state index in [1.54, 1.807) is 11.8 Å². The molecule has 7 heteroatoms. The number of hydrogen-bond acceptors (Lipinski definition) is 4. The molecule has 0 saturated carbocycles. The molecule has 2 amide bonds. The van der Waals surface area contributed by atoms with Gasteiger partial charge >= 0.3 is 0 Å². The van der Waals surface area contributed by atoms with Gasteiger partial charge < -0.3 is 14.7 Å². The molecule has 1 aliphatic heterocycles. The lowest BCUT2D eigenvalue weighted by Crippen LogP contribution is -2.50. The van der Waals surface area contributed by atoms with Crippen molar-refractivity contribution in [2.75, 3.05) is 44.7 Å². The first-order valence-electron chi connectivity index (χ1n) is 10.2. The molecule has 1 saturated heterocycles. The largest absolute Gasteiger partial charge is 0.359 e. The Kier molecular flexibility index (Phi) is 6.21. The number of hydrogen-bond donors (Lipinski definition) is 0. The molecule has 7 nitrogen and oxygen atoms in total. The molecule has 0 N–H and O–H groups in total. The van der Waals surface area contributed by atoms with Gasteiger partial charge in [-0.25, -0.2) is 4.98 Å². The first-order chi connectivity index (χ1) is 13.5. The number of carbonyl (C=O) groups excluding carboxylic acids is 2. The Morgan fingerprint density at radius 2 is 1.79 bits per heavy atom. The number of unbranched alkanes of at least 4 members (excludes halogenated alkanes) is 1. The van der Waals surface area contributed by atoms with Gasteiger partial charge in [-0.05, 0) is 25.0 Å². The first kappa shape index (κ1) is 20.2. The highest BCUT2D eigenvalue weighted by atomic mass is 16.2. The van der Waals surface area contributed by atoms with E-state index in [4.69, 9.17) is 4.98 Å². The minimum absolute atomic E-state index is 0.0130. The number of rotatable bonds is 6. The molecule has 0 bridgehead atoms. The van der Waals surface area contributed by atoms with Crippen LogP contribution in [0.25, 0.3) is 5.65 Å². The van der Waals surface area contributed by atoms with Crippen LogP contribution >= 0.6 is 0 Å². The van der Waals surface area contributed by atoms with Crippen molar-refractivity contribution in [3.05, 3.63) is 29.6 Å². The summed E-state index contributed by atoms with van der Waals surface area (Å²) in [7, 11) is 2.09. The van der Waals surface area contributed by atoms with Crippen molar-refractivity contribution in [2.45, 2.75) is 40.0 Å². The van der Waals surface area contributed by atoms with E-state index in [1.165, 1.54) is 0 Å². The minimum Gasteiger partial charge on any atom is -0.359 e. The van der Waals surface area contributed by atoms with Crippen molar-refractivity contribution >= 4 is 23.3 Å². The Morgan fingerprint density at radius 1 is 1.11 bits per heavy atom. The summed E-state index contributed by atoms with van der Waals surface area (Å²) in [5, 5.41) is 0. The average Bonchev–Trinajstić information content (AvgIpc) is 3.09. The van der Waals surface area contributed by atoms with E-state index in [0.717, 1.165) is 43.0 Å². The molecule has 3 rings (SSSR count). The Morgan fingerprint density at radius 3 is 2.39 bits per heavy atom. The minimum atomic E-state index is 0.0130. The number of piperazine rings is 1. The number of amides is 2. The predicted molar refractivity (Wildman–Crippen MR) is 111 cm³/mol. The molecule has 2 aromatic heterocycles. The molecule has 0 spiro atoms. The Labute approximate surface area is 166 Å². The van der Waals surface area contributed by atoms with E-state index in [2.05, 4.69) is 25.8 Å². The van der Waals surface area contributed by atoms with E-state index in [-0.39, 0.29) is 11.8 Å². The molecule has 152 valence electrons. The van der Waals surface area contributed by atoms with Crippen LogP contribution in [0.1, 0.15) is 49.7 Å². The highest BCUT2D eigenvalue weighted by Crippen LogP contribution is 2.24. The molecule has 0 atom stereocenters. The number of imidazole rings is 1. The normalized spacial score (nSPS) is 14.6. The van der Waals surface area contributed by atoms with E-state index >= 15 is 0 Å². The maximum atomic E-state index is 13.0. The highest BCUT2D eigenvalue weighted by molar-refractivity contribution is 5.94. The molecular weight excluding hydrogens is 354 g/mol. The van der Waals surface area contributed by atoms with E-state index in [0.29, 0.717) is 31.7 Å².